The summed E-state index contributed by atoms with van der Waals surface area (Å²) in [7, 11) is 0. The summed E-state index contributed by atoms with van der Waals surface area (Å²) in [5, 5.41) is 6.44. The predicted octanol–water partition coefficient (Wildman–Crippen LogP) is 1.58. The molecule has 22 heavy (non-hydrogen) atoms. The minimum Gasteiger partial charge on any atom is -0.355 e. The zero-order chi connectivity index (χ0) is 16.0. The lowest BCUT2D eigenvalue weighted by Gasteiger charge is -2.35. The van der Waals surface area contributed by atoms with Gasteiger partial charge < -0.3 is 10.6 Å². The van der Waals surface area contributed by atoms with Gasteiger partial charge in [0.05, 0.1) is 6.54 Å². The molecule has 1 amide bonds. The summed E-state index contributed by atoms with van der Waals surface area (Å²) in [6.07, 6.45) is 4.66. The first-order chi connectivity index (χ1) is 10.5. The van der Waals surface area contributed by atoms with Crippen LogP contribution in [0, 0.1) is 5.41 Å². The topological polar surface area (TPSA) is 57.3 Å². The first-order valence-electron chi connectivity index (χ1n) is 8.07. The Kier molecular flexibility index (Phi) is 5.91. The molecule has 2 rings (SSSR count). The first kappa shape index (κ1) is 16.9. The van der Waals surface area contributed by atoms with Crippen LogP contribution in [-0.4, -0.2) is 48.5 Å². The fourth-order valence-corrected chi connectivity index (χ4v) is 2.65. The molecule has 1 aromatic heterocycles. The SMILES string of the molecule is CC(C)(C)CCNC(=O)CN1CCNCC1c1cccnc1. The van der Waals surface area contributed by atoms with E-state index >= 15 is 0 Å². The van der Waals surface area contributed by atoms with Crippen molar-refractivity contribution < 1.29 is 4.79 Å². The van der Waals surface area contributed by atoms with E-state index in [1.807, 2.05) is 12.3 Å². The van der Waals surface area contributed by atoms with E-state index < -0.39 is 0 Å². The van der Waals surface area contributed by atoms with Crippen LogP contribution in [0.3, 0.4) is 0 Å². The zero-order valence-corrected chi connectivity index (χ0v) is 13.9. The average Bonchev–Trinajstić information content (AvgIpc) is 2.47. The number of amides is 1. The normalized spacial score (nSPS) is 19.9. The fourth-order valence-electron chi connectivity index (χ4n) is 2.65. The van der Waals surface area contributed by atoms with Gasteiger partial charge in [-0.05, 0) is 23.5 Å². The second kappa shape index (κ2) is 7.70. The summed E-state index contributed by atoms with van der Waals surface area (Å²) in [4.78, 5) is 18.6. The standard InChI is InChI=1S/C17H28N4O/c1-17(2,3)6-8-20-16(22)13-21-10-9-19-12-15(21)14-5-4-7-18-11-14/h4-5,7,11,15,19H,6,8-10,12-13H2,1-3H3,(H,20,22). The maximum Gasteiger partial charge on any atom is 0.234 e. The van der Waals surface area contributed by atoms with Gasteiger partial charge in [0.25, 0.3) is 0 Å². The van der Waals surface area contributed by atoms with E-state index in [1.165, 1.54) is 0 Å². The maximum absolute atomic E-state index is 12.2. The molecule has 1 aromatic rings. The number of hydrogen-bond acceptors (Lipinski definition) is 4. The molecule has 5 nitrogen and oxygen atoms in total. The monoisotopic (exact) mass is 304 g/mol. The second-order valence-corrected chi connectivity index (χ2v) is 7.14. The van der Waals surface area contributed by atoms with Crippen LogP contribution in [0.1, 0.15) is 38.8 Å². The second-order valence-electron chi connectivity index (χ2n) is 7.14. The van der Waals surface area contributed by atoms with Gasteiger partial charge in [-0.3, -0.25) is 14.7 Å². The smallest absolute Gasteiger partial charge is 0.234 e. The summed E-state index contributed by atoms with van der Waals surface area (Å²) in [6.45, 7) is 10.4. The van der Waals surface area contributed by atoms with Crippen LogP contribution in [-0.2, 0) is 4.79 Å². The third-order valence-corrected chi connectivity index (χ3v) is 3.97. The molecule has 0 bridgehead atoms. The van der Waals surface area contributed by atoms with Crippen molar-refractivity contribution in [3.8, 4) is 0 Å². The van der Waals surface area contributed by atoms with Crippen molar-refractivity contribution in [2.45, 2.75) is 33.2 Å². The molecule has 122 valence electrons. The van der Waals surface area contributed by atoms with Crippen LogP contribution in [0.2, 0.25) is 0 Å². The minimum absolute atomic E-state index is 0.111. The van der Waals surface area contributed by atoms with E-state index in [0.29, 0.717) is 6.54 Å². The van der Waals surface area contributed by atoms with Gasteiger partial charge in [-0.2, -0.15) is 0 Å². The molecule has 1 atom stereocenters. The molecular weight excluding hydrogens is 276 g/mol. The minimum atomic E-state index is 0.111. The Labute approximate surface area is 133 Å². The lowest BCUT2D eigenvalue weighted by Crippen LogP contribution is -2.49. The number of pyridine rings is 1. The highest BCUT2D eigenvalue weighted by atomic mass is 16.2. The van der Waals surface area contributed by atoms with E-state index in [1.54, 1.807) is 6.20 Å². The molecule has 0 aliphatic carbocycles. The summed E-state index contributed by atoms with van der Waals surface area (Å²) in [5.74, 6) is 0.111. The van der Waals surface area contributed by atoms with Crippen molar-refractivity contribution in [3.05, 3.63) is 30.1 Å². The fraction of sp³-hybridized carbons (Fsp3) is 0.647. The number of carbonyl (C=O) groups is 1. The van der Waals surface area contributed by atoms with Crippen LogP contribution < -0.4 is 10.6 Å². The highest BCUT2D eigenvalue weighted by molar-refractivity contribution is 5.78. The Morgan fingerprint density at radius 2 is 2.32 bits per heavy atom. The Hall–Kier alpha value is -1.46. The Bertz CT molecular complexity index is 469. The molecule has 1 aliphatic rings. The van der Waals surface area contributed by atoms with Gasteiger partial charge in [-0.25, -0.2) is 0 Å². The van der Waals surface area contributed by atoms with Crippen molar-refractivity contribution in [1.82, 2.24) is 20.5 Å². The molecular formula is C17H28N4O. The van der Waals surface area contributed by atoms with Crippen molar-refractivity contribution in [3.63, 3.8) is 0 Å². The van der Waals surface area contributed by atoms with Crippen LogP contribution >= 0.6 is 0 Å². The van der Waals surface area contributed by atoms with Crippen LogP contribution in [0.25, 0.3) is 0 Å². The van der Waals surface area contributed by atoms with Gasteiger partial charge >= 0.3 is 0 Å². The Morgan fingerprint density at radius 1 is 1.50 bits per heavy atom. The molecule has 1 unspecified atom stereocenters. The highest BCUT2D eigenvalue weighted by Crippen LogP contribution is 2.21. The zero-order valence-electron chi connectivity index (χ0n) is 13.9. The number of rotatable bonds is 5. The number of hydrogen-bond donors (Lipinski definition) is 2. The van der Waals surface area contributed by atoms with Crippen molar-refractivity contribution in [2.75, 3.05) is 32.7 Å². The number of nitrogens with one attached hydrogen (secondary N) is 2. The Balaban J connectivity index is 1.87. The summed E-state index contributed by atoms with van der Waals surface area (Å²) < 4.78 is 0. The van der Waals surface area contributed by atoms with Crippen LogP contribution in [0.5, 0.6) is 0 Å². The molecule has 2 N–H and O–H groups in total. The Morgan fingerprint density at radius 3 is 3.00 bits per heavy atom. The molecule has 0 aromatic carbocycles. The first-order valence-corrected chi connectivity index (χ1v) is 8.07. The largest absolute Gasteiger partial charge is 0.355 e. The molecule has 0 spiro atoms. The third kappa shape index (κ3) is 5.39. The lowest BCUT2D eigenvalue weighted by molar-refractivity contribution is -0.123. The average molecular weight is 304 g/mol. The van der Waals surface area contributed by atoms with E-state index in [-0.39, 0.29) is 17.4 Å². The van der Waals surface area contributed by atoms with Gasteiger partial charge in [-0.1, -0.05) is 26.8 Å². The molecule has 0 saturated carbocycles. The van der Waals surface area contributed by atoms with Gasteiger partial charge in [-0.15, -0.1) is 0 Å². The van der Waals surface area contributed by atoms with Crippen molar-refractivity contribution in [1.29, 1.82) is 0 Å². The molecule has 5 heteroatoms. The van der Waals surface area contributed by atoms with Crippen LogP contribution in [0.4, 0.5) is 0 Å². The quantitative estimate of drug-likeness (QED) is 0.867. The van der Waals surface area contributed by atoms with E-state index in [4.69, 9.17) is 0 Å². The molecule has 1 fully saturated rings. The maximum atomic E-state index is 12.2. The molecule has 1 saturated heterocycles. The lowest BCUT2D eigenvalue weighted by atomic mass is 9.92. The molecule has 0 radical (unpaired) electrons. The van der Waals surface area contributed by atoms with Gasteiger partial charge in [0.15, 0.2) is 0 Å². The van der Waals surface area contributed by atoms with Gasteiger partial charge in [0, 0.05) is 44.6 Å². The van der Waals surface area contributed by atoms with E-state index in [0.717, 1.165) is 38.2 Å². The summed E-state index contributed by atoms with van der Waals surface area (Å²) in [6, 6.07) is 4.25. The summed E-state index contributed by atoms with van der Waals surface area (Å²) >= 11 is 0. The number of carbonyl (C=O) groups excluding carboxylic acids is 1. The van der Waals surface area contributed by atoms with Gasteiger partial charge in [0.2, 0.25) is 5.91 Å². The predicted molar refractivity (Wildman–Crippen MR) is 88.5 cm³/mol. The highest BCUT2D eigenvalue weighted by Gasteiger charge is 2.25. The van der Waals surface area contributed by atoms with Crippen molar-refractivity contribution >= 4 is 5.91 Å². The van der Waals surface area contributed by atoms with Crippen LogP contribution in [0.15, 0.2) is 24.5 Å². The summed E-state index contributed by atoms with van der Waals surface area (Å²) in [5.41, 5.74) is 1.41. The molecule has 2 heterocycles. The number of aromatic nitrogens is 1. The third-order valence-electron chi connectivity index (χ3n) is 3.97. The molecule has 1 aliphatic heterocycles. The number of nitrogens with zero attached hydrogens (tertiary/aromatic N) is 2. The van der Waals surface area contributed by atoms with Gasteiger partial charge in [0.1, 0.15) is 0 Å². The van der Waals surface area contributed by atoms with E-state index in [2.05, 4.69) is 47.4 Å². The van der Waals surface area contributed by atoms with E-state index in [9.17, 15) is 4.79 Å². The van der Waals surface area contributed by atoms with Crippen molar-refractivity contribution in [2.24, 2.45) is 5.41 Å². The number of piperazine rings is 1.